The summed E-state index contributed by atoms with van der Waals surface area (Å²) in [6, 6.07) is 11.5. The van der Waals surface area contributed by atoms with E-state index in [0.717, 1.165) is 6.20 Å². The van der Waals surface area contributed by atoms with Crippen molar-refractivity contribution in [1.29, 1.82) is 0 Å². The lowest BCUT2D eigenvalue weighted by Crippen LogP contribution is -2.43. The van der Waals surface area contributed by atoms with Gasteiger partial charge in [-0.25, -0.2) is 18.4 Å². The summed E-state index contributed by atoms with van der Waals surface area (Å²) < 4.78 is 109. The summed E-state index contributed by atoms with van der Waals surface area (Å²) in [5.41, 5.74) is -2.00. The molecule has 2 aromatic heterocycles. The van der Waals surface area contributed by atoms with Gasteiger partial charge in [-0.1, -0.05) is 30.3 Å². The van der Waals surface area contributed by atoms with E-state index in [2.05, 4.69) is 15.4 Å². The van der Waals surface area contributed by atoms with E-state index in [-0.39, 0.29) is 56.9 Å². The Morgan fingerprint density at radius 1 is 1.10 bits per heavy atom. The molecule has 0 unspecified atom stereocenters. The van der Waals surface area contributed by atoms with E-state index in [9.17, 15) is 41.0 Å². The minimum atomic E-state index is -5.24. The second-order valence-corrected chi connectivity index (χ2v) is 11.9. The van der Waals surface area contributed by atoms with Crippen molar-refractivity contribution in [3.8, 4) is 22.8 Å². The molecule has 0 spiro atoms. The van der Waals surface area contributed by atoms with Crippen LogP contribution in [0.1, 0.15) is 46.2 Å². The van der Waals surface area contributed by atoms with Crippen LogP contribution in [0.5, 0.6) is 11.5 Å². The molecule has 266 valence electrons. The summed E-state index contributed by atoms with van der Waals surface area (Å²) in [5, 5.41) is 18.9. The van der Waals surface area contributed by atoms with E-state index in [0.29, 0.717) is 4.68 Å². The zero-order valence-electron chi connectivity index (χ0n) is 26.5. The number of nitrogens with one attached hydrogen (secondary N) is 1. The minimum absolute atomic E-state index is 0.00871. The molecular formula is C34H26F7N5O5. The first-order valence-corrected chi connectivity index (χ1v) is 14.9. The van der Waals surface area contributed by atoms with Crippen molar-refractivity contribution in [3.63, 3.8) is 0 Å². The molecule has 0 saturated heterocycles. The van der Waals surface area contributed by atoms with Crippen LogP contribution in [0.25, 0.3) is 22.2 Å². The SMILES string of the molecule is COc1cc(C(=O)NC[C@@](O)(c2ccccc2)c2cc3c(c(-c4cc(C(F)(F)F)c(F)cc4F)n2)OC[C@]3(C)C(N)=O)cc2cn(C(F)F)nc12. The summed E-state index contributed by atoms with van der Waals surface area (Å²) in [4.78, 5) is 30.6. The van der Waals surface area contributed by atoms with Gasteiger partial charge < -0.3 is 25.6 Å². The summed E-state index contributed by atoms with van der Waals surface area (Å²) in [5.74, 6) is -5.45. The molecule has 10 nitrogen and oxygen atoms in total. The molecular weight excluding hydrogens is 691 g/mol. The molecule has 0 radical (unpaired) electrons. The van der Waals surface area contributed by atoms with Crippen LogP contribution in [-0.4, -0.2) is 51.9 Å². The van der Waals surface area contributed by atoms with Gasteiger partial charge in [-0.15, -0.1) is 0 Å². The Hall–Kier alpha value is -5.71. The average Bonchev–Trinajstić information content (AvgIpc) is 3.68. The quantitative estimate of drug-likeness (QED) is 0.169. The Balaban J connectivity index is 1.51. The average molecular weight is 718 g/mol. The largest absolute Gasteiger partial charge is 0.494 e. The number of pyridine rings is 1. The van der Waals surface area contributed by atoms with Crippen LogP contribution in [0, 0.1) is 11.6 Å². The van der Waals surface area contributed by atoms with Gasteiger partial charge in [0.25, 0.3) is 5.91 Å². The molecule has 0 fully saturated rings. The Morgan fingerprint density at radius 3 is 2.43 bits per heavy atom. The molecule has 3 aromatic carbocycles. The van der Waals surface area contributed by atoms with Crippen molar-refractivity contribution >= 4 is 22.7 Å². The van der Waals surface area contributed by atoms with Gasteiger partial charge in [-0.3, -0.25) is 9.59 Å². The molecule has 2 atom stereocenters. The van der Waals surface area contributed by atoms with E-state index in [1.165, 1.54) is 56.5 Å². The monoisotopic (exact) mass is 717 g/mol. The standard InChI is InChI=1S/C34H26F7N5O5/c1-32(30(42)48)15-51-28-21(32)11-25(44-27(28)19-10-20(34(39,40)41)23(36)12-22(19)35)33(49,18-6-4-3-5-7-18)14-43-29(47)16-8-17-13-46(31(37)38)45-26(17)24(9-16)50-2/h3-13,31,49H,14-15H2,1-2H3,(H2,42,48)(H,43,47)/t32-,33+/m0/s1. The third-order valence-corrected chi connectivity index (χ3v) is 8.69. The van der Waals surface area contributed by atoms with Crippen molar-refractivity contribution in [2.45, 2.75) is 30.7 Å². The minimum Gasteiger partial charge on any atom is -0.494 e. The van der Waals surface area contributed by atoms with E-state index >= 15 is 4.39 Å². The molecule has 0 saturated carbocycles. The van der Waals surface area contributed by atoms with Crippen molar-refractivity contribution in [2.75, 3.05) is 20.3 Å². The number of benzene rings is 3. The van der Waals surface area contributed by atoms with Gasteiger partial charge in [0.1, 0.15) is 52.0 Å². The number of fused-ring (bicyclic) bond motifs is 2. The lowest BCUT2D eigenvalue weighted by atomic mass is 9.80. The highest BCUT2D eigenvalue weighted by atomic mass is 19.4. The van der Waals surface area contributed by atoms with Gasteiger partial charge in [0, 0.05) is 34.3 Å². The molecule has 1 aliphatic rings. The number of primary amides is 1. The van der Waals surface area contributed by atoms with E-state index in [4.69, 9.17) is 15.2 Å². The van der Waals surface area contributed by atoms with Crippen molar-refractivity contribution < 1.29 is 54.9 Å². The van der Waals surface area contributed by atoms with Gasteiger partial charge >= 0.3 is 12.7 Å². The van der Waals surface area contributed by atoms with Gasteiger partial charge in [-0.2, -0.15) is 27.1 Å². The number of halogens is 7. The van der Waals surface area contributed by atoms with Crippen LogP contribution in [0.2, 0.25) is 0 Å². The normalized spacial score (nSPS) is 16.8. The first-order valence-electron chi connectivity index (χ1n) is 14.9. The van der Waals surface area contributed by atoms with Crippen LogP contribution in [0.3, 0.4) is 0 Å². The number of carbonyl (C=O) groups is 2. The van der Waals surface area contributed by atoms with Gasteiger partial charge in [0.2, 0.25) is 5.91 Å². The molecule has 1 aliphatic heterocycles. The first kappa shape index (κ1) is 35.1. The molecule has 0 bridgehead atoms. The molecule has 4 N–H and O–H groups in total. The fourth-order valence-corrected chi connectivity index (χ4v) is 5.80. The summed E-state index contributed by atoms with van der Waals surface area (Å²) >= 11 is 0. The maximum atomic E-state index is 15.4. The van der Waals surface area contributed by atoms with Crippen molar-refractivity contribution in [3.05, 3.63) is 106 Å². The molecule has 51 heavy (non-hydrogen) atoms. The number of alkyl halides is 5. The predicted molar refractivity (Wildman–Crippen MR) is 166 cm³/mol. The highest BCUT2D eigenvalue weighted by Crippen LogP contribution is 2.47. The number of nitrogens with zero attached hydrogens (tertiary/aromatic N) is 3. The highest BCUT2D eigenvalue weighted by Gasteiger charge is 2.47. The van der Waals surface area contributed by atoms with Gasteiger partial charge in [0.15, 0.2) is 0 Å². The number of ether oxygens (including phenoxy) is 2. The molecule has 17 heteroatoms. The zero-order valence-corrected chi connectivity index (χ0v) is 26.5. The number of hydrogen-bond acceptors (Lipinski definition) is 7. The number of nitrogens with two attached hydrogens (primary N) is 1. The number of aromatic nitrogens is 3. The summed E-state index contributed by atoms with van der Waals surface area (Å²) in [6.45, 7) is -2.74. The highest BCUT2D eigenvalue weighted by molar-refractivity contribution is 6.00. The van der Waals surface area contributed by atoms with Crippen LogP contribution < -0.4 is 20.5 Å². The lowest BCUT2D eigenvalue weighted by Gasteiger charge is -2.30. The van der Waals surface area contributed by atoms with Gasteiger partial charge in [0.05, 0.1) is 24.9 Å². The number of carbonyl (C=O) groups excluding carboxylic acids is 2. The van der Waals surface area contributed by atoms with E-state index < -0.39 is 77.2 Å². The Kier molecular flexibility index (Phi) is 8.65. The van der Waals surface area contributed by atoms with E-state index in [1.807, 2.05) is 0 Å². The second kappa shape index (κ2) is 12.6. The van der Waals surface area contributed by atoms with Crippen LogP contribution >= 0.6 is 0 Å². The second-order valence-electron chi connectivity index (χ2n) is 11.9. The Bertz CT molecular complexity index is 2190. The maximum Gasteiger partial charge on any atom is 0.419 e. The third-order valence-electron chi connectivity index (χ3n) is 8.69. The molecule has 2 amide bonds. The van der Waals surface area contributed by atoms with Crippen molar-refractivity contribution in [2.24, 2.45) is 5.73 Å². The number of rotatable bonds is 9. The predicted octanol–water partition coefficient (Wildman–Crippen LogP) is 5.60. The Labute approximate surface area is 283 Å². The number of aliphatic hydroxyl groups is 1. The summed E-state index contributed by atoms with van der Waals surface area (Å²) in [6.07, 6.45) is -4.24. The number of methoxy groups -OCH3 is 1. The maximum absolute atomic E-state index is 15.4. The molecule has 6 rings (SSSR count). The number of hydrogen-bond donors (Lipinski definition) is 3. The number of amides is 2. The van der Waals surface area contributed by atoms with E-state index in [1.54, 1.807) is 6.07 Å². The summed E-state index contributed by atoms with van der Waals surface area (Å²) in [7, 11) is 1.24. The van der Waals surface area contributed by atoms with Crippen LogP contribution in [0.4, 0.5) is 30.7 Å². The first-order chi connectivity index (χ1) is 24.0. The van der Waals surface area contributed by atoms with Crippen LogP contribution in [0.15, 0.2) is 66.9 Å². The topological polar surface area (TPSA) is 142 Å². The fraction of sp³-hybridized carbons (Fsp3) is 0.235. The smallest absolute Gasteiger partial charge is 0.419 e. The molecule has 5 aromatic rings. The Morgan fingerprint density at radius 2 is 1.80 bits per heavy atom. The zero-order chi connectivity index (χ0) is 37.0. The fourth-order valence-electron chi connectivity index (χ4n) is 5.80. The lowest BCUT2D eigenvalue weighted by molar-refractivity contribution is -0.140. The third kappa shape index (κ3) is 6.06. The van der Waals surface area contributed by atoms with Gasteiger partial charge in [-0.05, 0) is 36.8 Å². The molecule has 3 heterocycles. The van der Waals surface area contributed by atoms with Crippen LogP contribution in [-0.2, 0) is 22.0 Å². The molecule has 0 aliphatic carbocycles. The van der Waals surface area contributed by atoms with Crippen molar-refractivity contribution in [1.82, 2.24) is 20.1 Å².